The predicted molar refractivity (Wildman–Crippen MR) is 73.9 cm³/mol. The maximum atomic E-state index is 11.7. The maximum absolute atomic E-state index is 11.7. The number of rotatable bonds is 5. The third-order valence-electron chi connectivity index (χ3n) is 3.33. The van der Waals surface area contributed by atoms with Gasteiger partial charge < -0.3 is 10.4 Å². The monoisotopic (exact) mass is 263 g/mol. The van der Waals surface area contributed by atoms with Crippen molar-refractivity contribution in [3.63, 3.8) is 0 Å². The summed E-state index contributed by atoms with van der Waals surface area (Å²) in [4.78, 5) is 22.3. The molecular formula is C15H21NO3. The van der Waals surface area contributed by atoms with Crippen molar-refractivity contribution >= 4 is 11.9 Å². The maximum Gasteiger partial charge on any atom is 0.304 e. The summed E-state index contributed by atoms with van der Waals surface area (Å²) in [5, 5.41) is 11.4. The smallest absolute Gasteiger partial charge is 0.304 e. The van der Waals surface area contributed by atoms with E-state index in [-0.39, 0.29) is 12.3 Å². The Bertz CT molecular complexity index is 494. The quantitative estimate of drug-likeness (QED) is 0.857. The van der Waals surface area contributed by atoms with Crippen molar-refractivity contribution in [2.45, 2.75) is 40.7 Å². The van der Waals surface area contributed by atoms with Gasteiger partial charge in [0, 0.05) is 12.5 Å². The van der Waals surface area contributed by atoms with E-state index in [9.17, 15) is 9.59 Å². The Morgan fingerprint density at radius 2 is 1.74 bits per heavy atom. The van der Waals surface area contributed by atoms with Gasteiger partial charge in [0.1, 0.15) is 0 Å². The predicted octanol–water partition coefficient (Wildman–Crippen LogP) is 2.34. The van der Waals surface area contributed by atoms with Crippen LogP contribution < -0.4 is 5.32 Å². The number of aliphatic carboxylic acids is 1. The first-order chi connectivity index (χ1) is 8.81. The van der Waals surface area contributed by atoms with Crippen LogP contribution in [0, 0.1) is 26.7 Å². The fourth-order valence-corrected chi connectivity index (χ4v) is 1.92. The van der Waals surface area contributed by atoms with Gasteiger partial charge in [-0.05, 0) is 43.0 Å². The number of carbonyl (C=O) groups excluding carboxylic acids is 1. The Balaban J connectivity index is 2.64. The number of benzene rings is 1. The summed E-state index contributed by atoms with van der Waals surface area (Å²) < 4.78 is 0. The van der Waals surface area contributed by atoms with E-state index in [0.717, 1.165) is 11.1 Å². The normalized spacial score (nSPS) is 12.0. The number of carboxylic acids is 1. The van der Waals surface area contributed by atoms with E-state index < -0.39 is 11.9 Å². The molecule has 2 N–H and O–H groups in total. The zero-order chi connectivity index (χ0) is 14.6. The van der Waals surface area contributed by atoms with E-state index in [1.807, 2.05) is 13.8 Å². The molecule has 19 heavy (non-hydrogen) atoms. The van der Waals surface area contributed by atoms with Gasteiger partial charge in [0.05, 0.1) is 6.42 Å². The molecule has 0 bridgehead atoms. The molecule has 1 aromatic carbocycles. The van der Waals surface area contributed by atoms with Gasteiger partial charge in [0.15, 0.2) is 0 Å². The van der Waals surface area contributed by atoms with Crippen LogP contribution in [0.4, 0.5) is 0 Å². The molecule has 0 aromatic heterocycles. The largest absolute Gasteiger partial charge is 0.481 e. The molecule has 0 saturated carbocycles. The van der Waals surface area contributed by atoms with Gasteiger partial charge in [-0.1, -0.05) is 19.1 Å². The molecule has 4 heteroatoms. The lowest BCUT2D eigenvalue weighted by Gasteiger charge is -2.13. The third-order valence-corrected chi connectivity index (χ3v) is 3.33. The summed E-state index contributed by atoms with van der Waals surface area (Å²) in [6.45, 7) is 8.16. The highest BCUT2D eigenvalue weighted by atomic mass is 16.4. The molecule has 0 heterocycles. The average molecular weight is 263 g/mol. The Labute approximate surface area is 113 Å². The highest BCUT2D eigenvalue weighted by Gasteiger charge is 2.16. The van der Waals surface area contributed by atoms with E-state index in [4.69, 9.17) is 5.11 Å². The first-order valence-corrected chi connectivity index (χ1v) is 6.37. The number of aryl methyl sites for hydroxylation is 3. The van der Waals surface area contributed by atoms with Gasteiger partial charge in [-0.25, -0.2) is 0 Å². The van der Waals surface area contributed by atoms with Crippen LogP contribution >= 0.6 is 0 Å². The van der Waals surface area contributed by atoms with Crippen LogP contribution in [-0.4, -0.2) is 17.0 Å². The van der Waals surface area contributed by atoms with Gasteiger partial charge in [-0.15, -0.1) is 0 Å². The van der Waals surface area contributed by atoms with Gasteiger partial charge in [0.25, 0.3) is 0 Å². The number of carboxylic acid groups (broad SMARTS) is 1. The first kappa shape index (κ1) is 15.2. The van der Waals surface area contributed by atoms with Crippen LogP contribution in [-0.2, 0) is 16.1 Å². The fraction of sp³-hybridized carbons (Fsp3) is 0.467. The van der Waals surface area contributed by atoms with Crippen LogP contribution in [0.1, 0.15) is 35.6 Å². The fourth-order valence-electron chi connectivity index (χ4n) is 1.92. The Kier molecular flexibility index (Phi) is 5.10. The summed E-state index contributed by atoms with van der Waals surface area (Å²) in [5.41, 5.74) is 4.62. The molecule has 0 radical (unpaired) electrons. The number of hydrogen-bond acceptors (Lipinski definition) is 2. The zero-order valence-electron chi connectivity index (χ0n) is 11.9. The van der Waals surface area contributed by atoms with E-state index in [1.165, 1.54) is 11.1 Å². The van der Waals surface area contributed by atoms with Crippen LogP contribution in [0.2, 0.25) is 0 Å². The first-order valence-electron chi connectivity index (χ1n) is 6.37. The van der Waals surface area contributed by atoms with Crippen molar-refractivity contribution in [1.29, 1.82) is 0 Å². The molecular weight excluding hydrogens is 242 g/mol. The second kappa shape index (κ2) is 6.36. The van der Waals surface area contributed by atoms with Crippen LogP contribution in [0.3, 0.4) is 0 Å². The van der Waals surface area contributed by atoms with E-state index in [1.54, 1.807) is 6.92 Å². The number of nitrogens with one attached hydrogen (secondary N) is 1. The van der Waals surface area contributed by atoms with Gasteiger partial charge in [0.2, 0.25) is 5.91 Å². The molecule has 1 amide bonds. The zero-order valence-corrected chi connectivity index (χ0v) is 11.9. The third kappa shape index (κ3) is 4.39. The lowest BCUT2D eigenvalue weighted by atomic mass is 10.0. The van der Waals surface area contributed by atoms with Crippen LogP contribution in [0.25, 0.3) is 0 Å². The summed E-state index contributed by atoms with van der Waals surface area (Å²) in [6.07, 6.45) is -0.141. The minimum atomic E-state index is -0.954. The minimum Gasteiger partial charge on any atom is -0.481 e. The second-order valence-corrected chi connectivity index (χ2v) is 5.08. The Morgan fingerprint density at radius 1 is 1.16 bits per heavy atom. The molecule has 0 spiro atoms. The molecule has 0 aliphatic rings. The standard InChI is InChI=1S/C15H21NO3/c1-9-5-11(3)13(6-10(9)2)8-16-15(19)12(4)7-14(17)18/h5-6,12H,7-8H2,1-4H3,(H,16,19)(H,17,18). The molecule has 0 saturated heterocycles. The summed E-state index contributed by atoms with van der Waals surface area (Å²) in [5.74, 6) is -1.69. The SMILES string of the molecule is Cc1cc(C)c(CNC(=O)C(C)CC(=O)O)cc1C. The molecule has 1 atom stereocenters. The van der Waals surface area contributed by atoms with Crippen molar-refractivity contribution in [3.8, 4) is 0 Å². The summed E-state index contributed by atoms with van der Waals surface area (Å²) >= 11 is 0. The highest BCUT2D eigenvalue weighted by molar-refractivity contribution is 5.82. The van der Waals surface area contributed by atoms with Gasteiger partial charge in [-0.2, -0.15) is 0 Å². The lowest BCUT2D eigenvalue weighted by Crippen LogP contribution is -2.30. The summed E-state index contributed by atoms with van der Waals surface area (Å²) in [6, 6.07) is 4.16. The van der Waals surface area contributed by atoms with E-state index in [0.29, 0.717) is 6.54 Å². The molecule has 4 nitrogen and oxygen atoms in total. The van der Waals surface area contributed by atoms with Crippen LogP contribution in [0.15, 0.2) is 12.1 Å². The van der Waals surface area contributed by atoms with Gasteiger partial charge >= 0.3 is 5.97 Å². The average Bonchev–Trinajstić information content (AvgIpc) is 2.30. The molecule has 0 aliphatic carbocycles. The molecule has 0 aliphatic heterocycles. The molecule has 104 valence electrons. The number of hydrogen-bond donors (Lipinski definition) is 2. The van der Waals surface area contributed by atoms with Crippen molar-refractivity contribution in [2.75, 3.05) is 0 Å². The summed E-state index contributed by atoms with van der Waals surface area (Å²) in [7, 11) is 0. The van der Waals surface area contributed by atoms with Gasteiger partial charge in [-0.3, -0.25) is 9.59 Å². The second-order valence-electron chi connectivity index (χ2n) is 5.08. The van der Waals surface area contributed by atoms with Crippen molar-refractivity contribution < 1.29 is 14.7 Å². The Morgan fingerprint density at radius 3 is 2.32 bits per heavy atom. The number of amides is 1. The molecule has 0 fully saturated rings. The number of carbonyl (C=O) groups is 2. The van der Waals surface area contributed by atoms with E-state index >= 15 is 0 Å². The molecule has 1 unspecified atom stereocenters. The lowest BCUT2D eigenvalue weighted by molar-refractivity contribution is -0.140. The highest BCUT2D eigenvalue weighted by Crippen LogP contribution is 2.15. The van der Waals surface area contributed by atoms with E-state index in [2.05, 4.69) is 24.4 Å². The van der Waals surface area contributed by atoms with Crippen molar-refractivity contribution in [2.24, 2.45) is 5.92 Å². The van der Waals surface area contributed by atoms with Crippen LogP contribution in [0.5, 0.6) is 0 Å². The minimum absolute atomic E-state index is 0.141. The molecule has 1 rings (SSSR count). The molecule has 1 aromatic rings. The Hall–Kier alpha value is -1.84. The van der Waals surface area contributed by atoms with Crippen molar-refractivity contribution in [3.05, 3.63) is 34.4 Å². The topological polar surface area (TPSA) is 66.4 Å². The van der Waals surface area contributed by atoms with Crippen molar-refractivity contribution in [1.82, 2.24) is 5.32 Å².